The molecular formula is C15H26N2O2. The van der Waals surface area contributed by atoms with Crippen molar-refractivity contribution in [3.63, 3.8) is 0 Å². The maximum atomic E-state index is 12.2. The molecule has 0 bridgehead atoms. The van der Waals surface area contributed by atoms with E-state index in [0.717, 1.165) is 18.8 Å². The number of hydrogen-bond donors (Lipinski definition) is 1. The van der Waals surface area contributed by atoms with Crippen LogP contribution in [-0.4, -0.2) is 35.3 Å². The highest BCUT2D eigenvalue weighted by Crippen LogP contribution is 2.34. The Morgan fingerprint density at radius 3 is 2.58 bits per heavy atom. The van der Waals surface area contributed by atoms with Crippen molar-refractivity contribution < 1.29 is 9.59 Å². The lowest BCUT2D eigenvalue weighted by Crippen LogP contribution is -2.45. The SMILES string of the molecule is CCCN1C(=O)CC(NC2CCC(CC)C2C)C1=O. The van der Waals surface area contributed by atoms with Crippen LogP contribution in [0.5, 0.6) is 0 Å². The number of rotatable bonds is 5. The highest BCUT2D eigenvalue weighted by Gasteiger charge is 2.41. The molecule has 0 aromatic rings. The number of nitrogens with zero attached hydrogens (tertiary/aromatic N) is 1. The fourth-order valence-corrected chi connectivity index (χ4v) is 3.59. The third-order valence-corrected chi connectivity index (χ3v) is 4.86. The average molecular weight is 266 g/mol. The van der Waals surface area contributed by atoms with E-state index < -0.39 is 0 Å². The van der Waals surface area contributed by atoms with Crippen molar-refractivity contribution >= 4 is 11.8 Å². The number of likely N-dealkylation sites (tertiary alicyclic amines) is 1. The summed E-state index contributed by atoms with van der Waals surface area (Å²) in [5.41, 5.74) is 0. The van der Waals surface area contributed by atoms with Crippen LogP contribution in [0.15, 0.2) is 0 Å². The van der Waals surface area contributed by atoms with Gasteiger partial charge in [0.15, 0.2) is 0 Å². The number of carbonyl (C=O) groups is 2. The molecule has 0 spiro atoms. The molecule has 1 saturated carbocycles. The Morgan fingerprint density at radius 1 is 1.26 bits per heavy atom. The highest BCUT2D eigenvalue weighted by atomic mass is 16.2. The van der Waals surface area contributed by atoms with E-state index in [4.69, 9.17) is 0 Å². The van der Waals surface area contributed by atoms with Crippen molar-refractivity contribution in [2.45, 2.75) is 65.0 Å². The van der Waals surface area contributed by atoms with Crippen LogP contribution in [-0.2, 0) is 9.59 Å². The molecule has 1 heterocycles. The predicted molar refractivity (Wildman–Crippen MR) is 74.5 cm³/mol. The average Bonchev–Trinajstić information content (AvgIpc) is 2.86. The fourth-order valence-electron chi connectivity index (χ4n) is 3.59. The molecule has 4 heteroatoms. The summed E-state index contributed by atoms with van der Waals surface area (Å²) in [5, 5.41) is 3.45. The minimum atomic E-state index is -0.276. The third-order valence-electron chi connectivity index (χ3n) is 4.86. The van der Waals surface area contributed by atoms with Gasteiger partial charge in [0.1, 0.15) is 0 Å². The molecule has 1 aliphatic carbocycles. The minimum absolute atomic E-state index is 0.0120. The third kappa shape index (κ3) is 2.83. The quantitative estimate of drug-likeness (QED) is 0.774. The molecule has 108 valence electrons. The zero-order chi connectivity index (χ0) is 14.0. The monoisotopic (exact) mass is 266 g/mol. The van der Waals surface area contributed by atoms with E-state index in [2.05, 4.69) is 19.2 Å². The number of hydrogen-bond acceptors (Lipinski definition) is 3. The topological polar surface area (TPSA) is 49.4 Å². The van der Waals surface area contributed by atoms with Crippen LogP contribution < -0.4 is 5.32 Å². The van der Waals surface area contributed by atoms with Crippen LogP contribution in [0.2, 0.25) is 0 Å². The second-order valence-corrected chi connectivity index (χ2v) is 6.02. The molecular weight excluding hydrogens is 240 g/mol. The van der Waals surface area contributed by atoms with Gasteiger partial charge in [0.05, 0.1) is 12.5 Å². The van der Waals surface area contributed by atoms with E-state index in [1.807, 2.05) is 6.92 Å². The van der Waals surface area contributed by atoms with E-state index >= 15 is 0 Å². The van der Waals surface area contributed by atoms with Gasteiger partial charge in [-0.05, 0) is 31.1 Å². The summed E-state index contributed by atoms with van der Waals surface area (Å²) in [6.07, 6.45) is 4.76. The smallest absolute Gasteiger partial charge is 0.246 e. The van der Waals surface area contributed by atoms with Crippen molar-refractivity contribution in [2.75, 3.05) is 6.54 Å². The normalized spacial score (nSPS) is 35.4. The van der Waals surface area contributed by atoms with Gasteiger partial charge in [-0.1, -0.05) is 27.2 Å². The molecule has 2 rings (SSSR count). The van der Waals surface area contributed by atoms with Crippen molar-refractivity contribution in [3.8, 4) is 0 Å². The number of amides is 2. The molecule has 4 atom stereocenters. The lowest BCUT2D eigenvalue weighted by atomic mass is 9.93. The zero-order valence-corrected chi connectivity index (χ0v) is 12.3. The molecule has 1 N–H and O–H groups in total. The Kier molecular flexibility index (Phi) is 4.61. The predicted octanol–water partition coefficient (Wildman–Crippen LogP) is 1.94. The number of carbonyl (C=O) groups excluding carboxylic acids is 2. The van der Waals surface area contributed by atoms with Gasteiger partial charge in [0.2, 0.25) is 11.8 Å². The summed E-state index contributed by atoms with van der Waals surface area (Å²) in [5.74, 6) is 1.34. The van der Waals surface area contributed by atoms with Gasteiger partial charge < -0.3 is 5.32 Å². The molecule has 19 heavy (non-hydrogen) atoms. The van der Waals surface area contributed by atoms with Crippen molar-refractivity contribution in [3.05, 3.63) is 0 Å². The van der Waals surface area contributed by atoms with E-state index in [1.54, 1.807) is 0 Å². The standard InChI is InChI=1S/C15H26N2O2/c1-4-8-17-14(18)9-13(15(17)19)16-12-7-6-11(5-2)10(12)3/h10-13,16H,4-9H2,1-3H3. The van der Waals surface area contributed by atoms with Gasteiger partial charge in [-0.25, -0.2) is 0 Å². The van der Waals surface area contributed by atoms with Crippen LogP contribution in [0.4, 0.5) is 0 Å². The minimum Gasteiger partial charge on any atom is -0.302 e. The molecule has 4 nitrogen and oxygen atoms in total. The van der Waals surface area contributed by atoms with Crippen LogP contribution in [0, 0.1) is 11.8 Å². The van der Waals surface area contributed by atoms with Gasteiger partial charge in [-0.2, -0.15) is 0 Å². The van der Waals surface area contributed by atoms with Crippen molar-refractivity contribution in [1.82, 2.24) is 10.2 Å². The maximum absolute atomic E-state index is 12.2. The van der Waals surface area contributed by atoms with E-state index in [1.165, 1.54) is 17.7 Å². The van der Waals surface area contributed by atoms with E-state index in [0.29, 0.717) is 24.9 Å². The van der Waals surface area contributed by atoms with Crippen molar-refractivity contribution in [1.29, 1.82) is 0 Å². The molecule has 2 fully saturated rings. The summed E-state index contributed by atoms with van der Waals surface area (Å²) >= 11 is 0. The molecule has 0 radical (unpaired) electrons. The Balaban J connectivity index is 1.94. The van der Waals surface area contributed by atoms with E-state index in [-0.39, 0.29) is 17.9 Å². The lowest BCUT2D eigenvalue weighted by Gasteiger charge is -2.23. The molecule has 0 aromatic heterocycles. The van der Waals surface area contributed by atoms with Gasteiger partial charge in [0, 0.05) is 12.6 Å². The Labute approximate surface area is 115 Å². The first-order valence-corrected chi connectivity index (χ1v) is 7.68. The summed E-state index contributed by atoms with van der Waals surface area (Å²) in [6, 6.07) is 0.121. The van der Waals surface area contributed by atoms with Crippen LogP contribution >= 0.6 is 0 Å². The van der Waals surface area contributed by atoms with Crippen LogP contribution in [0.3, 0.4) is 0 Å². The molecule has 4 unspecified atom stereocenters. The highest BCUT2D eigenvalue weighted by molar-refractivity contribution is 6.05. The molecule has 1 saturated heterocycles. The second kappa shape index (κ2) is 6.04. The molecule has 0 aromatic carbocycles. The molecule has 2 aliphatic rings. The van der Waals surface area contributed by atoms with Gasteiger partial charge >= 0.3 is 0 Å². The molecule has 1 aliphatic heterocycles. The maximum Gasteiger partial charge on any atom is 0.246 e. The first-order chi connectivity index (χ1) is 9.08. The number of nitrogens with one attached hydrogen (secondary N) is 1. The van der Waals surface area contributed by atoms with E-state index in [9.17, 15) is 9.59 Å². The Hall–Kier alpha value is -0.900. The van der Waals surface area contributed by atoms with Gasteiger partial charge in [-0.3, -0.25) is 14.5 Å². The summed E-state index contributed by atoms with van der Waals surface area (Å²) in [4.78, 5) is 25.4. The Bertz CT molecular complexity index is 356. The summed E-state index contributed by atoms with van der Waals surface area (Å²) in [6.45, 7) is 7.06. The van der Waals surface area contributed by atoms with Crippen LogP contribution in [0.25, 0.3) is 0 Å². The first-order valence-electron chi connectivity index (χ1n) is 7.68. The zero-order valence-electron chi connectivity index (χ0n) is 12.3. The Morgan fingerprint density at radius 2 is 2.00 bits per heavy atom. The van der Waals surface area contributed by atoms with Gasteiger partial charge in [-0.15, -0.1) is 0 Å². The summed E-state index contributed by atoms with van der Waals surface area (Å²) in [7, 11) is 0. The largest absolute Gasteiger partial charge is 0.302 e. The second-order valence-electron chi connectivity index (χ2n) is 6.02. The first kappa shape index (κ1) is 14.5. The fraction of sp³-hybridized carbons (Fsp3) is 0.867. The van der Waals surface area contributed by atoms with Gasteiger partial charge in [0.25, 0.3) is 0 Å². The van der Waals surface area contributed by atoms with Crippen molar-refractivity contribution in [2.24, 2.45) is 11.8 Å². The summed E-state index contributed by atoms with van der Waals surface area (Å²) < 4.78 is 0. The lowest BCUT2D eigenvalue weighted by molar-refractivity contribution is -0.138. The molecule has 2 amide bonds. The number of imide groups is 1. The van der Waals surface area contributed by atoms with Crippen LogP contribution in [0.1, 0.15) is 52.9 Å².